The van der Waals surface area contributed by atoms with Crippen LogP contribution in [-0.4, -0.2) is 25.4 Å². The first kappa shape index (κ1) is 13.2. The minimum absolute atomic E-state index is 0.202. The number of hydrogen-bond acceptors (Lipinski definition) is 3. The lowest BCUT2D eigenvalue weighted by molar-refractivity contribution is -0.127. The molecule has 1 rings (SSSR count). The molecular weight excluding hydrogens is 218 g/mol. The van der Waals surface area contributed by atoms with Crippen LogP contribution in [0, 0.1) is 0 Å². The second-order valence-corrected chi connectivity index (χ2v) is 3.67. The van der Waals surface area contributed by atoms with Gasteiger partial charge in [0, 0.05) is 13.0 Å². The fraction of sp³-hybridized carbons (Fsp3) is 0.333. The monoisotopic (exact) mass is 235 g/mol. The lowest BCUT2D eigenvalue weighted by atomic mass is 10.1. The zero-order chi connectivity index (χ0) is 12.7. The molecule has 5 nitrogen and oxygen atoms in total. The summed E-state index contributed by atoms with van der Waals surface area (Å²) in [6.45, 7) is 0.562. The summed E-state index contributed by atoms with van der Waals surface area (Å²) in [4.78, 5) is 22.8. The summed E-state index contributed by atoms with van der Waals surface area (Å²) in [6, 6.07) is 8.18. The molecule has 0 aliphatic rings. The van der Waals surface area contributed by atoms with Crippen LogP contribution in [0.2, 0.25) is 0 Å². The van der Waals surface area contributed by atoms with E-state index in [1.807, 2.05) is 6.07 Å². The quantitative estimate of drug-likeness (QED) is 0.645. The molecule has 0 aliphatic heterocycles. The largest absolute Gasteiger partial charge is 0.368 e. The van der Waals surface area contributed by atoms with E-state index < -0.39 is 11.9 Å². The topological polar surface area (TPSA) is 84.2 Å². The number of hydrogen-bond donors (Lipinski definition) is 3. The zero-order valence-electron chi connectivity index (χ0n) is 9.77. The summed E-state index contributed by atoms with van der Waals surface area (Å²) in [5.41, 5.74) is 5.97. The fourth-order valence-electron chi connectivity index (χ4n) is 1.44. The Labute approximate surface area is 100 Å². The highest BCUT2D eigenvalue weighted by atomic mass is 16.2. The highest BCUT2D eigenvalue weighted by Gasteiger charge is 2.19. The average molecular weight is 235 g/mol. The number of rotatable bonds is 6. The van der Waals surface area contributed by atoms with Crippen LogP contribution < -0.4 is 16.4 Å². The highest BCUT2D eigenvalue weighted by molar-refractivity contribution is 5.87. The molecular formula is C12H17N3O2. The molecule has 2 amide bonds. The molecule has 0 aliphatic carbocycles. The highest BCUT2D eigenvalue weighted by Crippen LogP contribution is 2.11. The Balaban J connectivity index is 2.68. The lowest BCUT2D eigenvalue weighted by Crippen LogP contribution is -2.38. The van der Waals surface area contributed by atoms with Gasteiger partial charge in [-0.25, -0.2) is 0 Å². The van der Waals surface area contributed by atoms with Gasteiger partial charge >= 0.3 is 0 Å². The summed E-state index contributed by atoms with van der Waals surface area (Å²) in [7, 11) is 1.76. The molecule has 4 N–H and O–H groups in total. The molecule has 1 aromatic rings. The number of amides is 2. The van der Waals surface area contributed by atoms with Crippen LogP contribution in [0.15, 0.2) is 30.3 Å². The number of carbonyl (C=O) groups excluding carboxylic acids is 2. The van der Waals surface area contributed by atoms with Gasteiger partial charge in [0.1, 0.15) is 6.04 Å². The van der Waals surface area contributed by atoms with Crippen molar-refractivity contribution in [2.45, 2.75) is 12.5 Å². The van der Waals surface area contributed by atoms with Gasteiger partial charge in [-0.15, -0.1) is 0 Å². The van der Waals surface area contributed by atoms with Crippen molar-refractivity contribution in [1.29, 1.82) is 0 Å². The van der Waals surface area contributed by atoms with E-state index in [-0.39, 0.29) is 5.91 Å². The molecule has 0 aromatic heterocycles. The van der Waals surface area contributed by atoms with Crippen molar-refractivity contribution in [3.8, 4) is 0 Å². The Kier molecular flexibility index (Phi) is 5.16. The SMILES string of the molecule is CNCCC(=O)NC(C(N)=O)c1ccccc1. The van der Waals surface area contributed by atoms with Gasteiger partial charge in [0.25, 0.3) is 0 Å². The summed E-state index contributed by atoms with van der Waals surface area (Å²) in [5, 5.41) is 5.48. The zero-order valence-corrected chi connectivity index (χ0v) is 9.77. The Morgan fingerprint density at radius 3 is 2.47 bits per heavy atom. The van der Waals surface area contributed by atoms with Gasteiger partial charge in [0.2, 0.25) is 11.8 Å². The van der Waals surface area contributed by atoms with Crippen molar-refractivity contribution in [2.75, 3.05) is 13.6 Å². The Hall–Kier alpha value is -1.88. The van der Waals surface area contributed by atoms with E-state index in [1.54, 1.807) is 31.3 Å². The molecule has 0 heterocycles. The van der Waals surface area contributed by atoms with Gasteiger partial charge in [0.15, 0.2) is 0 Å². The van der Waals surface area contributed by atoms with Gasteiger partial charge < -0.3 is 16.4 Å². The minimum atomic E-state index is -0.763. The van der Waals surface area contributed by atoms with E-state index in [0.717, 1.165) is 0 Å². The van der Waals surface area contributed by atoms with Gasteiger partial charge in [-0.05, 0) is 12.6 Å². The lowest BCUT2D eigenvalue weighted by Gasteiger charge is -2.15. The predicted molar refractivity (Wildman–Crippen MR) is 65.1 cm³/mol. The van der Waals surface area contributed by atoms with Gasteiger partial charge in [0.05, 0.1) is 0 Å². The van der Waals surface area contributed by atoms with Crippen molar-refractivity contribution < 1.29 is 9.59 Å². The van der Waals surface area contributed by atoms with Crippen molar-refractivity contribution in [3.05, 3.63) is 35.9 Å². The van der Waals surface area contributed by atoms with Crippen LogP contribution >= 0.6 is 0 Å². The third-order valence-electron chi connectivity index (χ3n) is 2.32. The number of nitrogens with one attached hydrogen (secondary N) is 2. The van der Waals surface area contributed by atoms with Gasteiger partial charge in [-0.3, -0.25) is 9.59 Å². The smallest absolute Gasteiger partial charge is 0.244 e. The molecule has 1 aromatic carbocycles. The fourth-order valence-corrected chi connectivity index (χ4v) is 1.44. The van der Waals surface area contributed by atoms with Crippen LogP contribution in [-0.2, 0) is 9.59 Å². The van der Waals surface area contributed by atoms with Gasteiger partial charge in [-0.2, -0.15) is 0 Å². The van der Waals surface area contributed by atoms with Gasteiger partial charge in [-0.1, -0.05) is 30.3 Å². The molecule has 17 heavy (non-hydrogen) atoms. The van der Waals surface area contributed by atoms with Crippen LogP contribution in [0.25, 0.3) is 0 Å². The first-order chi connectivity index (χ1) is 8.15. The molecule has 0 bridgehead atoms. The van der Waals surface area contributed by atoms with E-state index in [9.17, 15) is 9.59 Å². The van der Waals surface area contributed by atoms with E-state index >= 15 is 0 Å². The summed E-state index contributed by atoms with van der Waals surface area (Å²) in [5.74, 6) is -0.763. The molecule has 1 atom stereocenters. The molecule has 1 unspecified atom stereocenters. The Bertz CT molecular complexity index is 379. The molecule has 92 valence electrons. The maximum atomic E-state index is 11.5. The number of benzene rings is 1. The second-order valence-electron chi connectivity index (χ2n) is 3.67. The molecule has 0 saturated carbocycles. The Morgan fingerprint density at radius 1 is 1.29 bits per heavy atom. The van der Waals surface area contributed by atoms with Crippen molar-refractivity contribution in [3.63, 3.8) is 0 Å². The predicted octanol–water partition coefficient (Wildman–Crippen LogP) is -0.0613. The number of primary amides is 1. The van der Waals surface area contributed by atoms with E-state index in [0.29, 0.717) is 18.5 Å². The summed E-state index contributed by atoms with van der Waals surface area (Å²) >= 11 is 0. The molecule has 0 fully saturated rings. The number of nitrogens with two attached hydrogens (primary N) is 1. The van der Waals surface area contributed by atoms with E-state index in [2.05, 4.69) is 10.6 Å². The van der Waals surface area contributed by atoms with E-state index in [1.165, 1.54) is 0 Å². The van der Waals surface area contributed by atoms with Crippen molar-refractivity contribution in [2.24, 2.45) is 5.73 Å². The van der Waals surface area contributed by atoms with Crippen molar-refractivity contribution >= 4 is 11.8 Å². The standard InChI is InChI=1S/C12H17N3O2/c1-14-8-7-10(16)15-11(12(13)17)9-5-3-2-4-6-9/h2-6,11,14H,7-8H2,1H3,(H2,13,17)(H,15,16). The maximum absolute atomic E-state index is 11.5. The normalized spacial score (nSPS) is 11.8. The first-order valence-electron chi connectivity index (χ1n) is 5.43. The minimum Gasteiger partial charge on any atom is -0.368 e. The van der Waals surface area contributed by atoms with Crippen LogP contribution in [0.3, 0.4) is 0 Å². The summed E-state index contributed by atoms with van der Waals surface area (Å²) in [6.07, 6.45) is 0.313. The van der Waals surface area contributed by atoms with Crippen LogP contribution in [0.1, 0.15) is 18.0 Å². The molecule has 0 saturated heterocycles. The van der Waals surface area contributed by atoms with Crippen LogP contribution in [0.5, 0.6) is 0 Å². The molecule has 5 heteroatoms. The first-order valence-corrected chi connectivity index (χ1v) is 5.43. The van der Waals surface area contributed by atoms with Crippen LogP contribution in [0.4, 0.5) is 0 Å². The maximum Gasteiger partial charge on any atom is 0.244 e. The third kappa shape index (κ3) is 4.24. The molecule has 0 radical (unpaired) electrons. The summed E-state index contributed by atoms with van der Waals surface area (Å²) < 4.78 is 0. The average Bonchev–Trinajstić information content (AvgIpc) is 2.34. The van der Waals surface area contributed by atoms with E-state index in [4.69, 9.17) is 5.73 Å². The third-order valence-corrected chi connectivity index (χ3v) is 2.32. The Morgan fingerprint density at radius 2 is 1.94 bits per heavy atom. The van der Waals surface area contributed by atoms with Crippen molar-refractivity contribution in [1.82, 2.24) is 10.6 Å². The second kappa shape index (κ2) is 6.65. The number of carbonyl (C=O) groups is 2. The molecule has 0 spiro atoms.